The molecule has 0 radical (unpaired) electrons. The molecule has 110 valence electrons. The van der Waals surface area contributed by atoms with E-state index in [1.54, 1.807) is 44.6 Å². The van der Waals surface area contributed by atoms with Gasteiger partial charge < -0.3 is 19.3 Å². The van der Waals surface area contributed by atoms with E-state index in [1.807, 2.05) is 0 Å². The molecule has 0 aliphatic heterocycles. The fraction of sp³-hybridized carbons (Fsp3) is 0.200. The number of hydrogen-bond acceptors (Lipinski definition) is 6. The highest BCUT2D eigenvalue weighted by Crippen LogP contribution is 2.35. The van der Waals surface area contributed by atoms with Crippen LogP contribution in [-0.4, -0.2) is 26.4 Å². The summed E-state index contributed by atoms with van der Waals surface area (Å²) in [5.41, 5.74) is 0.841. The minimum absolute atomic E-state index is 0.0139. The van der Waals surface area contributed by atoms with Crippen LogP contribution in [0.5, 0.6) is 23.0 Å². The first-order chi connectivity index (χ1) is 10.2. The molecule has 0 unspecified atom stereocenters. The number of hydrogen-bond donors (Lipinski definition) is 1. The molecule has 2 aromatic rings. The van der Waals surface area contributed by atoms with Gasteiger partial charge in [0.05, 0.1) is 21.3 Å². The molecule has 0 aliphatic rings. The van der Waals surface area contributed by atoms with Crippen LogP contribution in [0.1, 0.15) is 0 Å². The van der Waals surface area contributed by atoms with E-state index in [0.717, 1.165) is 0 Å². The van der Waals surface area contributed by atoms with Gasteiger partial charge in [-0.3, -0.25) is 0 Å². The number of rotatable bonds is 5. The first-order valence-corrected chi connectivity index (χ1v) is 6.18. The number of phenolic OH excluding ortho intramolecular Hbond substituents is 1. The highest BCUT2D eigenvalue weighted by atomic mass is 16.5. The van der Waals surface area contributed by atoms with Crippen molar-refractivity contribution < 1.29 is 19.3 Å². The van der Waals surface area contributed by atoms with Gasteiger partial charge >= 0.3 is 0 Å². The summed E-state index contributed by atoms with van der Waals surface area (Å²) < 4.78 is 15.4. The highest BCUT2D eigenvalue weighted by Gasteiger charge is 2.06. The molecular formula is C15H16N2O4. The Balaban J connectivity index is 2.32. The molecule has 0 aliphatic carbocycles. The van der Waals surface area contributed by atoms with Gasteiger partial charge in [0.2, 0.25) is 0 Å². The van der Waals surface area contributed by atoms with E-state index in [9.17, 15) is 5.11 Å². The molecule has 0 bridgehead atoms. The van der Waals surface area contributed by atoms with Crippen molar-refractivity contribution in [3.05, 3.63) is 36.4 Å². The average molecular weight is 288 g/mol. The van der Waals surface area contributed by atoms with Gasteiger partial charge in [0.1, 0.15) is 34.4 Å². The van der Waals surface area contributed by atoms with Gasteiger partial charge in [-0.15, -0.1) is 10.2 Å². The summed E-state index contributed by atoms with van der Waals surface area (Å²) in [6.07, 6.45) is 0. The average Bonchev–Trinajstić information content (AvgIpc) is 2.53. The number of benzene rings is 2. The summed E-state index contributed by atoms with van der Waals surface area (Å²) in [5, 5.41) is 17.9. The molecule has 0 amide bonds. The zero-order chi connectivity index (χ0) is 15.2. The van der Waals surface area contributed by atoms with E-state index in [4.69, 9.17) is 14.2 Å². The fourth-order valence-electron chi connectivity index (χ4n) is 1.70. The number of methoxy groups -OCH3 is 3. The Hall–Kier alpha value is -2.76. The second kappa shape index (κ2) is 6.60. The van der Waals surface area contributed by atoms with Gasteiger partial charge in [-0.2, -0.15) is 0 Å². The monoisotopic (exact) mass is 288 g/mol. The van der Waals surface area contributed by atoms with E-state index >= 15 is 0 Å². The maximum absolute atomic E-state index is 9.84. The van der Waals surface area contributed by atoms with E-state index in [1.165, 1.54) is 13.2 Å². The van der Waals surface area contributed by atoms with E-state index in [-0.39, 0.29) is 5.75 Å². The van der Waals surface area contributed by atoms with Gasteiger partial charge in [0.25, 0.3) is 0 Å². The van der Waals surface area contributed by atoms with Crippen molar-refractivity contribution in [1.29, 1.82) is 0 Å². The number of ether oxygens (including phenoxy) is 3. The summed E-state index contributed by atoms with van der Waals surface area (Å²) >= 11 is 0. The van der Waals surface area contributed by atoms with Crippen LogP contribution >= 0.6 is 0 Å². The standard InChI is InChI=1S/C15H16N2O4/c1-19-10-5-7-15(21-3)13(8-10)17-16-12-6-4-11(20-2)9-14(12)18/h4-9,18H,1-3H3. The molecule has 6 heteroatoms. The van der Waals surface area contributed by atoms with Gasteiger partial charge in [-0.05, 0) is 24.3 Å². The number of phenols is 1. The topological polar surface area (TPSA) is 72.6 Å². The van der Waals surface area contributed by atoms with E-state index in [2.05, 4.69) is 10.2 Å². The minimum Gasteiger partial charge on any atom is -0.505 e. The van der Waals surface area contributed by atoms with Crippen molar-refractivity contribution in [3.8, 4) is 23.0 Å². The maximum Gasteiger partial charge on any atom is 0.146 e. The molecule has 0 saturated carbocycles. The van der Waals surface area contributed by atoms with Crippen molar-refractivity contribution >= 4 is 11.4 Å². The molecule has 0 heterocycles. The van der Waals surface area contributed by atoms with Crippen LogP contribution in [0.3, 0.4) is 0 Å². The maximum atomic E-state index is 9.84. The molecule has 2 rings (SSSR count). The summed E-state index contributed by atoms with van der Waals surface area (Å²) in [7, 11) is 4.64. The van der Waals surface area contributed by atoms with Crippen LogP contribution in [-0.2, 0) is 0 Å². The first kappa shape index (κ1) is 14.6. The molecule has 0 aromatic heterocycles. The molecule has 21 heavy (non-hydrogen) atoms. The second-order valence-corrected chi connectivity index (χ2v) is 4.09. The SMILES string of the molecule is COc1ccc(N=Nc2cc(OC)ccc2OC)c(O)c1. The molecule has 0 fully saturated rings. The molecule has 0 spiro atoms. The van der Waals surface area contributed by atoms with Crippen LogP contribution < -0.4 is 14.2 Å². The first-order valence-electron chi connectivity index (χ1n) is 6.18. The zero-order valence-corrected chi connectivity index (χ0v) is 12.0. The summed E-state index contributed by atoms with van der Waals surface area (Å²) in [6, 6.07) is 9.98. The summed E-state index contributed by atoms with van der Waals surface area (Å²) in [6.45, 7) is 0. The van der Waals surface area contributed by atoms with Gasteiger partial charge in [0.15, 0.2) is 0 Å². The molecule has 2 aromatic carbocycles. The van der Waals surface area contributed by atoms with E-state index < -0.39 is 0 Å². The van der Waals surface area contributed by atoms with Crippen molar-refractivity contribution in [2.45, 2.75) is 0 Å². The Morgan fingerprint density at radius 1 is 0.762 bits per heavy atom. The Morgan fingerprint density at radius 3 is 2.00 bits per heavy atom. The Labute approximate surface area is 122 Å². The number of nitrogens with zero attached hydrogens (tertiary/aromatic N) is 2. The number of aromatic hydroxyl groups is 1. The molecule has 6 nitrogen and oxygen atoms in total. The lowest BCUT2D eigenvalue weighted by molar-refractivity contribution is 0.404. The highest BCUT2D eigenvalue weighted by molar-refractivity contribution is 5.57. The molecule has 0 atom stereocenters. The van der Waals surface area contributed by atoms with E-state index in [0.29, 0.717) is 28.6 Å². The number of azo groups is 1. The van der Waals surface area contributed by atoms with Crippen molar-refractivity contribution in [2.75, 3.05) is 21.3 Å². The second-order valence-electron chi connectivity index (χ2n) is 4.09. The largest absolute Gasteiger partial charge is 0.505 e. The predicted molar refractivity (Wildman–Crippen MR) is 78.4 cm³/mol. The quantitative estimate of drug-likeness (QED) is 0.848. The lowest BCUT2D eigenvalue weighted by Gasteiger charge is -2.06. The van der Waals surface area contributed by atoms with Crippen LogP contribution in [0, 0.1) is 0 Å². The normalized spacial score (nSPS) is 10.6. The lowest BCUT2D eigenvalue weighted by atomic mass is 10.3. The Morgan fingerprint density at radius 2 is 1.38 bits per heavy atom. The van der Waals surface area contributed by atoms with Crippen molar-refractivity contribution in [1.82, 2.24) is 0 Å². The Kier molecular flexibility index (Phi) is 4.61. The third-order valence-electron chi connectivity index (χ3n) is 2.83. The lowest BCUT2D eigenvalue weighted by Crippen LogP contribution is -1.86. The van der Waals surface area contributed by atoms with Crippen LogP contribution in [0.15, 0.2) is 46.6 Å². The third-order valence-corrected chi connectivity index (χ3v) is 2.83. The zero-order valence-electron chi connectivity index (χ0n) is 12.0. The molecule has 1 N–H and O–H groups in total. The van der Waals surface area contributed by atoms with Crippen molar-refractivity contribution in [3.63, 3.8) is 0 Å². The van der Waals surface area contributed by atoms with Crippen LogP contribution in [0.25, 0.3) is 0 Å². The predicted octanol–water partition coefficient (Wildman–Crippen LogP) is 3.83. The smallest absolute Gasteiger partial charge is 0.146 e. The summed E-state index contributed by atoms with van der Waals surface area (Å²) in [4.78, 5) is 0. The van der Waals surface area contributed by atoms with Crippen LogP contribution in [0.2, 0.25) is 0 Å². The third kappa shape index (κ3) is 3.42. The van der Waals surface area contributed by atoms with Crippen LogP contribution in [0.4, 0.5) is 11.4 Å². The summed E-state index contributed by atoms with van der Waals surface area (Å²) in [5.74, 6) is 1.74. The van der Waals surface area contributed by atoms with Gasteiger partial charge in [-0.25, -0.2) is 0 Å². The molecule has 0 saturated heterocycles. The molecular weight excluding hydrogens is 272 g/mol. The Bertz CT molecular complexity index is 656. The fourth-order valence-corrected chi connectivity index (χ4v) is 1.70. The van der Waals surface area contributed by atoms with Crippen molar-refractivity contribution in [2.24, 2.45) is 10.2 Å². The van der Waals surface area contributed by atoms with Gasteiger partial charge in [0, 0.05) is 12.1 Å². The van der Waals surface area contributed by atoms with Gasteiger partial charge in [-0.1, -0.05) is 0 Å². The minimum atomic E-state index is -0.0139.